The zero-order valence-electron chi connectivity index (χ0n) is 13.4. The zero-order chi connectivity index (χ0) is 18.0. The Kier molecular flexibility index (Phi) is 5.00. The Labute approximate surface area is 142 Å². The fourth-order valence-corrected chi connectivity index (χ4v) is 2.84. The molecule has 0 bridgehead atoms. The highest BCUT2D eigenvalue weighted by atomic mass is 19.1. The Morgan fingerprint density at radius 2 is 1.96 bits per heavy atom. The first-order chi connectivity index (χ1) is 12.0. The van der Waals surface area contributed by atoms with Crippen LogP contribution in [0.4, 0.5) is 25.0 Å². The summed E-state index contributed by atoms with van der Waals surface area (Å²) in [4.78, 5) is 30.3. The van der Waals surface area contributed by atoms with Crippen LogP contribution < -0.4 is 15.5 Å². The molecule has 0 unspecified atom stereocenters. The summed E-state index contributed by atoms with van der Waals surface area (Å²) in [5.41, 5.74) is 5.31. The van der Waals surface area contributed by atoms with E-state index in [9.17, 15) is 18.4 Å². The normalized spacial score (nSPS) is 21.3. The van der Waals surface area contributed by atoms with Crippen molar-refractivity contribution in [3.63, 3.8) is 0 Å². The predicted octanol–water partition coefficient (Wildman–Crippen LogP) is 0.459. The standard InChI is InChI=1S/C15H18F2N4O4/c16-12-5-10(21-8-11(7-18)25-15(21)23)6-13(17)14(12)19-1-2-20(9-22)24-4-3-19/h5-6,9,11H,1-4,7-8,18H2/t11-/m0/s1. The third kappa shape index (κ3) is 3.49. The lowest BCUT2D eigenvalue weighted by atomic mass is 10.2. The maximum atomic E-state index is 14.6. The second-order valence-corrected chi connectivity index (χ2v) is 5.68. The Hall–Kier alpha value is -2.46. The molecule has 25 heavy (non-hydrogen) atoms. The molecule has 2 N–H and O–H groups in total. The van der Waals surface area contributed by atoms with Crippen LogP contribution in [0.3, 0.4) is 0 Å². The van der Waals surface area contributed by atoms with Gasteiger partial charge < -0.3 is 15.4 Å². The van der Waals surface area contributed by atoms with E-state index >= 15 is 0 Å². The van der Waals surface area contributed by atoms with Crippen LogP contribution in [-0.4, -0.2) is 63.0 Å². The summed E-state index contributed by atoms with van der Waals surface area (Å²) in [6, 6.07) is 2.17. The highest BCUT2D eigenvalue weighted by molar-refractivity contribution is 5.90. The first-order valence-electron chi connectivity index (χ1n) is 7.80. The van der Waals surface area contributed by atoms with E-state index in [1.54, 1.807) is 0 Å². The Bertz CT molecular complexity index is 652. The van der Waals surface area contributed by atoms with Crippen molar-refractivity contribution < 1.29 is 27.9 Å². The Morgan fingerprint density at radius 1 is 1.24 bits per heavy atom. The largest absolute Gasteiger partial charge is 0.443 e. The fraction of sp³-hybridized carbons (Fsp3) is 0.467. The van der Waals surface area contributed by atoms with Gasteiger partial charge in [-0.05, 0) is 0 Å². The molecule has 0 radical (unpaired) electrons. The van der Waals surface area contributed by atoms with Gasteiger partial charge in [0.05, 0.1) is 25.4 Å². The topological polar surface area (TPSA) is 88.3 Å². The van der Waals surface area contributed by atoms with Crippen LogP contribution >= 0.6 is 0 Å². The van der Waals surface area contributed by atoms with E-state index in [-0.39, 0.29) is 50.7 Å². The summed E-state index contributed by atoms with van der Waals surface area (Å²) < 4.78 is 34.1. The van der Waals surface area contributed by atoms with E-state index in [2.05, 4.69) is 0 Å². The lowest BCUT2D eigenvalue weighted by molar-refractivity contribution is -0.166. The molecule has 1 aromatic rings. The average Bonchev–Trinajstić information content (AvgIpc) is 2.81. The van der Waals surface area contributed by atoms with E-state index in [0.717, 1.165) is 22.1 Å². The van der Waals surface area contributed by atoms with Gasteiger partial charge >= 0.3 is 6.09 Å². The molecule has 3 rings (SSSR count). The smallest absolute Gasteiger partial charge is 0.414 e. The maximum Gasteiger partial charge on any atom is 0.414 e. The van der Waals surface area contributed by atoms with E-state index in [0.29, 0.717) is 6.41 Å². The number of nitrogens with zero attached hydrogens (tertiary/aromatic N) is 3. The molecular weight excluding hydrogens is 338 g/mol. The molecular formula is C15H18F2N4O4. The van der Waals surface area contributed by atoms with Crippen molar-refractivity contribution in [2.45, 2.75) is 6.10 Å². The minimum atomic E-state index is -0.807. The second kappa shape index (κ2) is 7.19. The number of cyclic esters (lactones) is 1. The molecule has 2 amide bonds. The van der Waals surface area contributed by atoms with Gasteiger partial charge in [0.15, 0.2) is 11.6 Å². The molecule has 1 aromatic carbocycles. The number of nitrogens with two attached hydrogens (primary N) is 1. The number of rotatable bonds is 4. The van der Waals surface area contributed by atoms with Gasteiger partial charge in [0.1, 0.15) is 11.8 Å². The molecule has 8 nitrogen and oxygen atoms in total. The van der Waals surface area contributed by atoms with Crippen LogP contribution in [-0.2, 0) is 14.4 Å². The summed E-state index contributed by atoms with van der Waals surface area (Å²) in [6.07, 6.45) is -0.672. The van der Waals surface area contributed by atoms with Crippen molar-refractivity contribution in [3.05, 3.63) is 23.8 Å². The molecule has 2 aliphatic heterocycles. The molecule has 2 saturated heterocycles. The molecule has 0 saturated carbocycles. The molecule has 10 heteroatoms. The van der Waals surface area contributed by atoms with Gasteiger partial charge in [-0.15, -0.1) is 0 Å². The van der Waals surface area contributed by atoms with Crippen LogP contribution in [0, 0.1) is 11.6 Å². The molecule has 0 spiro atoms. The third-order valence-electron chi connectivity index (χ3n) is 4.09. The highest BCUT2D eigenvalue weighted by Crippen LogP contribution is 2.31. The number of halogens is 2. The number of anilines is 2. The number of benzene rings is 1. The number of ether oxygens (including phenoxy) is 1. The first-order valence-corrected chi connectivity index (χ1v) is 7.80. The van der Waals surface area contributed by atoms with Crippen molar-refractivity contribution in [1.29, 1.82) is 0 Å². The lowest BCUT2D eigenvalue weighted by Crippen LogP contribution is -2.31. The van der Waals surface area contributed by atoms with E-state index in [1.807, 2.05) is 0 Å². The zero-order valence-corrected chi connectivity index (χ0v) is 13.4. The van der Waals surface area contributed by atoms with Gasteiger partial charge in [0.2, 0.25) is 6.41 Å². The summed E-state index contributed by atoms with van der Waals surface area (Å²) in [5, 5.41) is 1.08. The second-order valence-electron chi connectivity index (χ2n) is 5.68. The molecule has 2 heterocycles. The number of hydrogen-bond acceptors (Lipinski definition) is 6. The van der Waals surface area contributed by atoms with Gasteiger partial charge in [-0.1, -0.05) is 0 Å². The Morgan fingerprint density at radius 3 is 2.56 bits per heavy atom. The van der Waals surface area contributed by atoms with Crippen molar-refractivity contribution in [2.24, 2.45) is 5.73 Å². The van der Waals surface area contributed by atoms with Crippen molar-refractivity contribution in [2.75, 3.05) is 49.1 Å². The summed E-state index contributed by atoms with van der Waals surface area (Å²) in [7, 11) is 0. The average molecular weight is 356 g/mol. The van der Waals surface area contributed by atoms with E-state index in [1.165, 1.54) is 4.90 Å². The molecule has 136 valence electrons. The number of hydroxylamine groups is 2. The summed E-state index contributed by atoms with van der Waals surface area (Å²) >= 11 is 0. The minimum absolute atomic E-state index is 0.0697. The molecule has 1 atom stereocenters. The molecule has 0 aromatic heterocycles. The van der Waals surface area contributed by atoms with Gasteiger partial charge in [0.25, 0.3) is 0 Å². The first kappa shape index (κ1) is 17.4. The van der Waals surface area contributed by atoms with Crippen LogP contribution in [0.25, 0.3) is 0 Å². The van der Waals surface area contributed by atoms with E-state index < -0.39 is 23.8 Å². The lowest BCUT2D eigenvalue weighted by Gasteiger charge is -2.24. The number of carbonyl (C=O) groups excluding carboxylic acids is 2. The summed E-state index contributed by atoms with van der Waals surface area (Å²) in [6.45, 7) is 1.01. The van der Waals surface area contributed by atoms with Gasteiger partial charge in [-0.25, -0.2) is 18.6 Å². The summed E-state index contributed by atoms with van der Waals surface area (Å²) in [5.74, 6) is -1.61. The molecule has 2 aliphatic rings. The van der Waals surface area contributed by atoms with Crippen molar-refractivity contribution in [1.82, 2.24) is 5.06 Å². The third-order valence-corrected chi connectivity index (χ3v) is 4.09. The van der Waals surface area contributed by atoms with E-state index in [4.69, 9.17) is 15.3 Å². The van der Waals surface area contributed by atoms with Crippen molar-refractivity contribution >= 4 is 23.9 Å². The quantitative estimate of drug-likeness (QED) is 0.789. The van der Waals surface area contributed by atoms with Gasteiger partial charge in [0, 0.05) is 31.8 Å². The van der Waals surface area contributed by atoms with Crippen LogP contribution in [0.2, 0.25) is 0 Å². The maximum absolute atomic E-state index is 14.6. The number of carbonyl (C=O) groups is 2. The highest BCUT2D eigenvalue weighted by Gasteiger charge is 2.33. The SMILES string of the molecule is NC[C@H]1CN(c2cc(F)c(N3CCON(C=O)CC3)c(F)c2)C(=O)O1. The van der Waals surface area contributed by atoms with Gasteiger partial charge in [-0.3, -0.25) is 14.5 Å². The Balaban J connectivity index is 1.83. The number of amides is 2. The monoisotopic (exact) mass is 356 g/mol. The predicted molar refractivity (Wildman–Crippen MR) is 84.0 cm³/mol. The molecule has 0 aliphatic carbocycles. The minimum Gasteiger partial charge on any atom is -0.443 e. The van der Waals surface area contributed by atoms with Crippen LogP contribution in [0.1, 0.15) is 0 Å². The fourth-order valence-electron chi connectivity index (χ4n) is 2.84. The van der Waals surface area contributed by atoms with Crippen molar-refractivity contribution in [3.8, 4) is 0 Å². The molecule has 2 fully saturated rings. The van der Waals surface area contributed by atoms with Crippen LogP contribution in [0.15, 0.2) is 12.1 Å². The number of hydrogen-bond donors (Lipinski definition) is 1. The van der Waals surface area contributed by atoms with Crippen LogP contribution in [0.5, 0.6) is 0 Å². The van der Waals surface area contributed by atoms with Gasteiger partial charge in [-0.2, -0.15) is 0 Å².